The predicted molar refractivity (Wildman–Crippen MR) is 89.0 cm³/mol. The zero-order chi connectivity index (χ0) is 16.8. The van der Waals surface area contributed by atoms with Crippen LogP contribution in [-0.4, -0.2) is 43.2 Å². The third-order valence-electron chi connectivity index (χ3n) is 4.63. The fourth-order valence-corrected chi connectivity index (χ4v) is 3.22. The molecule has 0 amide bonds. The molecule has 1 aliphatic heterocycles. The van der Waals surface area contributed by atoms with Gasteiger partial charge in [0.05, 0.1) is 5.92 Å². The van der Waals surface area contributed by atoms with E-state index in [1.807, 2.05) is 26.2 Å². The maximum absolute atomic E-state index is 14.1. The van der Waals surface area contributed by atoms with E-state index in [4.69, 9.17) is 5.11 Å². The van der Waals surface area contributed by atoms with E-state index in [0.29, 0.717) is 19.4 Å². The lowest BCUT2D eigenvalue weighted by molar-refractivity contribution is -0.145. The minimum absolute atomic E-state index is 0.145. The van der Waals surface area contributed by atoms with Gasteiger partial charge in [0.2, 0.25) is 0 Å². The molecular formula is C18H27FN2O2. The molecule has 1 heterocycles. The number of benzene rings is 1. The van der Waals surface area contributed by atoms with Gasteiger partial charge < -0.3 is 10.4 Å². The first-order valence-corrected chi connectivity index (χ1v) is 8.37. The van der Waals surface area contributed by atoms with Gasteiger partial charge in [0.15, 0.2) is 0 Å². The van der Waals surface area contributed by atoms with Crippen LogP contribution >= 0.6 is 0 Å². The number of carboxylic acid groups (broad SMARTS) is 1. The summed E-state index contributed by atoms with van der Waals surface area (Å²) in [5, 5.41) is 11.6. The highest BCUT2D eigenvalue weighted by molar-refractivity contribution is 5.71. The SMILES string of the molecule is CNC.O=C(O)C1CC(c2ccc(CN3CCCC3)c(F)c2)C1. The van der Waals surface area contributed by atoms with Gasteiger partial charge in [0.25, 0.3) is 0 Å². The van der Waals surface area contributed by atoms with Gasteiger partial charge in [-0.1, -0.05) is 12.1 Å². The van der Waals surface area contributed by atoms with Crippen LogP contribution < -0.4 is 5.32 Å². The number of nitrogens with zero attached hydrogens (tertiary/aromatic N) is 1. The van der Waals surface area contributed by atoms with Crippen molar-refractivity contribution in [3.8, 4) is 0 Å². The molecule has 0 radical (unpaired) electrons. The molecule has 2 fully saturated rings. The highest BCUT2D eigenvalue weighted by Crippen LogP contribution is 2.42. The summed E-state index contributed by atoms with van der Waals surface area (Å²) in [4.78, 5) is 13.1. The van der Waals surface area contributed by atoms with Crippen LogP contribution in [0.5, 0.6) is 0 Å². The maximum atomic E-state index is 14.1. The molecule has 0 aromatic heterocycles. The molecule has 5 heteroatoms. The first kappa shape index (κ1) is 17.9. The molecule has 1 aliphatic carbocycles. The molecule has 128 valence electrons. The summed E-state index contributed by atoms with van der Waals surface area (Å²) in [6.07, 6.45) is 3.69. The summed E-state index contributed by atoms with van der Waals surface area (Å²) < 4.78 is 14.1. The zero-order valence-electron chi connectivity index (χ0n) is 14.0. The Morgan fingerprint density at radius 2 is 1.91 bits per heavy atom. The van der Waals surface area contributed by atoms with E-state index in [9.17, 15) is 9.18 Å². The second-order valence-corrected chi connectivity index (χ2v) is 6.54. The fourth-order valence-electron chi connectivity index (χ4n) is 3.22. The molecule has 3 rings (SSSR count). The Kier molecular flexibility index (Phi) is 6.54. The number of nitrogens with one attached hydrogen (secondary N) is 1. The van der Waals surface area contributed by atoms with E-state index < -0.39 is 5.97 Å². The molecule has 1 aromatic rings. The van der Waals surface area contributed by atoms with E-state index in [-0.39, 0.29) is 17.7 Å². The van der Waals surface area contributed by atoms with Crippen LogP contribution in [-0.2, 0) is 11.3 Å². The lowest BCUT2D eigenvalue weighted by Crippen LogP contribution is -2.28. The van der Waals surface area contributed by atoms with Crippen LogP contribution in [0.1, 0.15) is 42.7 Å². The van der Waals surface area contributed by atoms with Crippen LogP contribution in [0, 0.1) is 11.7 Å². The average Bonchev–Trinajstić information content (AvgIpc) is 2.93. The number of likely N-dealkylation sites (tertiary alicyclic amines) is 1. The summed E-state index contributed by atoms with van der Waals surface area (Å²) in [6, 6.07) is 5.45. The van der Waals surface area contributed by atoms with Crippen molar-refractivity contribution >= 4 is 5.97 Å². The zero-order valence-corrected chi connectivity index (χ0v) is 14.0. The standard InChI is InChI=1S/C16H20FNO2.C2H7N/c17-15-9-11(13-7-14(8-13)16(19)20)3-4-12(15)10-18-5-1-2-6-18;1-3-2/h3-4,9,13-14H,1-2,5-8,10H2,(H,19,20);3H,1-2H3. The summed E-state index contributed by atoms with van der Waals surface area (Å²) in [5.74, 6) is -0.903. The molecule has 1 saturated carbocycles. The van der Waals surface area contributed by atoms with E-state index in [1.54, 1.807) is 6.07 Å². The second-order valence-electron chi connectivity index (χ2n) is 6.54. The third kappa shape index (κ3) is 4.75. The summed E-state index contributed by atoms with van der Waals surface area (Å²) in [6.45, 7) is 2.81. The fraction of sp³-hybridized carbons (Fsp3) is 0.611. The van der Waals surface area contributed by atoms with Crippen molar-refractivity contribution in [2.24, 2.45) is 5.92 Å². The number of hydrogen-bond donors (Lipinski definition) is 2. The molecule has 23 heavy (non-hydrogen) atoms. The van der Waals surface area contributed by atoms with Crippen molar-refractivity contribution in [3.05, 3.63) is 35.1 Å². The van der Waals surface area contributed by atoms with E-state index >= 15 is 0 Å². The summed E-state index contributed by atoms with van der Waals surface area (Å²) in [5.41, 5.74) is 1.70. The highest BCUT2D eigenvalue weighted by Gasteiger charge is 2.35. The molecule has 1 saturated heterocycles. The largest absolute Gasteiger partial charge is 0.481 e. The van der Waals surface area contributed by atoms with E-state index in [1.165, 1.54) is 12.8 Å². The van der Waals surface area contributed by atoms with Gasteiger partial charge in [-0.15, -0.1) is 0 Å². The molecule has 1 aromatic carbocycles. The first-order valence-electron chi connectivity index (χ1n) is 8.37. The minimum atomic E-state index is -0.729. The number of rotatable bonds is 4. The van der Waals surface area contributed by atoms with Crippen molar-refractivity contribution < 1.29 is 14.3 Å². The lowest BCUT2D eigenvalue weighted by atomic mass is 9.71. The molecule has 0 spiro atoms. The van der Waals surface area contributed by atoms with Gasteiger partial charge in [0, 0.05) is 12.1 Å². The molecule has 0 atom stereocenters. The summed E-state index contributed by atoms with van der Waals surface area (Å²) >= 11 is 0. The molecule has 2 aliphatic rings. The molecular weight excluding hydrogens is 295 g/mol. The predicted octanol–water partition coefficient (Wildman–Crippen LogP) is 2.84. The Morgan fingerprint density at radius 1 is 1.30 bits per heavy atom. The third-order valence-corrected chi connectivity index (χ3v) is 4.63. The topological polar surface area (TPSA) is 52.6 Å². The first-order chi connectivity index (χ1) is 11.0. The van der Waals surface area contributed by atoms with Gasteiger partial charge in [-0.05, 0) is 70.4 Å². The van der Waals surface area contributed by atoms with Crippen molar-refractivity contribution in [2.75, 3.05) is 27.2 Å². The highest BCUT2D eigenvalue weighted by atomic mass is 19.1. The van der Waals surface area contributed by atoms with Crippen LogP contribution in [0.25, 0.3) is 0 Å². The van der Waals surface area contributed by atoms with Gasteiger partial charge in [-0.3, -0.25) is 9.69 Å². The second kappa shape index (κ2) is 8.41. The number of aliphatic carboxylic acids is 1. The van der Waals surface area contributed by atoms with Crippen LogP contribution in [0.15, 0.2) is 18.2 Å². The van der Waals surface area contributed by atoms with Crippen LogP contribution in [0.3, 0.4) is 0 Å². The summed E-state index contributed by atoms with van der Waals surface area (Å²) in [7, 11) is 3.75. The van der Waals surface area contributed by atoms with Gasteiger partial charge in [0.1, 0.15) is 5.82 Å². The lowest BCUT2D eigenvalue weighted by Gasteiger charge is -2.32. The Morgan fingerprint density at radius 3 is 2.43 bits per heavy atom. The van der Waals surface area contributed by atoms with Crippen LogP contribution in [0.2, 0.25) is 0 Å². The van der Waals surface area contributed by atoms with Gasteiger partial charge in [-0.2, -0.15) is 0 Å². The molecule has 0 unspecified atom stereocenters. The Balaban J connectivity index is 0.000000595. The van der Waals surface area contributed by atoms with Crippen molar-refractivity contribution in [1.82, 2.24) is 10.2 Å². The average molecular weight is 322 g/mol. The number of carboxylic acids is 1. The van der Waals surface area contributed by atoms with Crippen molar-refractivity contribution in [2.45, 2.75) is 38.1 Å². The minimum Gasteiger partial charge on any atom is -0.481 e. The van der Waals surface area contributed by atoms with E-state index in [2.05, 4.69) is 10.2 Å². The van der Waals surface area contributed by atoms with Crippen LogP contribution in [0.4, 0.5) is 4.39 Å². The Labute approximate surface area is 137 Å². The van der Waals surface area contributed by atoms with Gasteiger partial charge >= 0.3 is 5.97 Å². The van der Waals surface area contributed by atoms with Gasteiger partial charge in [-0.25, -0.2) is 4.39 Å². The van der Waals surface area contributed by atoms with Crippen molar-refractivity contribution in [1.29, 1.82) is 0 Å². The Hall–Kier alpha value is -1.46. The molecule has 4 nitrogen and oxygen atoms in total. The number of carbonyl (C=O) groups is 1. The normalized spacial score (nSPS) is 23.8. The number of hydrogen-bond acceptors (Lipinski definition) is 3. The Bertz CT molecular complexity index is 524. The number of halogens is 1. The monoisotopic (exact) mass is 322 g/mol. The van der Waals surface area contributed by atoms with Crippen molar-refractivity contribution in [3.63, 3.8) is 0 Å². The smallest absolute Gasteiger partial charge is 0.306 e. The maximum Gasteiger partial charge on any atom is 0.306 e. The quantitative estimate of drug-likeness (QED) is 0.895. The molecule has 0 bridgehead atoms. The molecule has 2 N–H and O–H groups in total. The van der Waals surface area contributed by atoms with E-state index in [0.717, 1.165) is 24.2 Å².